The fourth-order valence-corrected chi connectivity index (χ4v) is 3.90. The maximum atomic E-state index is 12.4. The Morgan fingerprint density at radius 3 is 2.26 bits per heavy atom. The van der Waals surface area contributed by atoms with Crippen molar-refractivity contribution in [1.29, 1.82) is 0 Å². The molecule has 6 heteroatoms. The fourth-order valence-electron chi connectivity index (χ4n) is 1.66. The topological polar surface area (TPSA) is 0 Å². The molecule has 1 atom stereocenters. The number of rotatable bonds is 3. The Morgan fingerprint density at radius 2 is 1.79 bits per heavy atom. The van der Waals surface area contributed by atoms with Gasteiger partial charge < -0.3 is 0 Å². The van der Waals surface area contributed by atoms with Gasteiger partial charge in [-0.3, -0.25) is 0 Å². The van der Waals surface area contributed by atoms with E-state index in [0.717, 1.165) is 22.6 Å². The van der Waals surface area contributed by atoms with E-state index in [-0.39, 0.29) is 4.83 Å². The van der Waals surface area contributed by atoms with Crippen LogP contribution in [0.2, 0.25) is 5.02 Å². The smallest absolute Gasteiger partial charge is 0.166 e. The van der Waals surface area contributed by atoms with Crippen molar-refractivity contribution in [3.05, 3.63) is 56.7 Å². The first kappa shape index (κ1) is 14.9. The van der Waals surface area contributed by atoms with Gasteiger partial charge in [0.25, 0.3) is 0 Å². The molecule has 1 aromatic heterocycles. The highest BCUT2D eigenvalue weighted by Gasteiger charge is 2.30. The Labute approximate surface area is 126 Å². The lowest BCUT2D eigenvalue weighted by Gasteiger charge is -2.10. The van der Waals surface area contributed by atoms with Crippen LogP contribution < -0.4 is 0 Å². The second-order valence-electron chi connectivity index (χ2n) is 4.00. The van der Waals surface area contributed by atoms with Gasteiger partial charge in [0.1, 0.15) is 0 Å². The number of alkyl halides is 4. The van der Waals surface area contributed by atoms with Crippen molar-refractivity contribution in [3.8, 4) is 0 Å². The van der Waals surface area contributed by atoms with Gasteiger partial charge in [-0.1, -0.05) is 39.7 Å². The normalized spacial score (nSPS) is 13.5. The second kappa shape index (κ2) is 5.85. The van der Waals surface area contributed by atoms with E-state index in [1.165, 1.54) is 23.5 Å². The van der Waals surface area contributed by atoms with Gasteiger partial charge in [0.05, 0.1) is 15.4 Å². The molecule has 0 saturated carbocycles. The summed E-state index contributed by atoms with van der Waals surface area (Å²) in [6.07, 6.45) is -3.69. The molecule has 2 aromatic rings. The molecule has 1 unspecified atom stereocenters. The summed E-state index contributed by atoms with van der Waals surface area (Å²) in [5.74, 6) is 0. The third-order valence-corrected chi connectivity index (χ3v) is 5.18. The number of halogens is 5. The Kier molecular flexibility index (Phi) is 4.58. The Hall–Kier alpha value is -0.520. The molecule has 0 bridgehead atoms. The summed E-state index contributed by atoms with van der Waals surface area (Å²) in [4.78, 5) is 0.998. The number of benzene rings is 1. The van der Waals surface area contributed by atoms with Gasteiger partial charge in [-0.05, 0) is 35.6 Å². The highest BCUT2D eigenvalue weighted by molar-refractivity contribution is 9.09. The van der Waals surface area contributed by atoms with Crippen LogP contribution in [0.5, 0.6) is 0 Å². The number of hydrogen-bond donors (Lipinski definition) is 0. The van der Waals surface area contributed by atoms with Crippen LogP contribution in [0.1, 0.15) is 20.8 Å². The van der Waals surface area contributed by atoms with E-state index in [4.69, 9.17) is 11.6 Å². The summed E-state index contributed by atoms with van der Waals surface area (Å²) in [5.41, 5.74) is 0.205. The minimum atomic E-state index is -4.29. The average molecular weight is 370 g/mol. The van der Waals surface area contributed by atoms with Crippen LogP contribution in [0.15, 0.2) is 35.7 Å². The minimum Gasteiger partial charge on any atom is -0.166 e. The molecule has 19 heavy (non-hydrogen) atoms. The molecule has 0 N–H and O–H groups in total. The van der Waals surface area contributed by atoms with Gasteiger partial charge >= 0.3 is 6.18 Å². The zero-order valence-electron chi connectivity index (χ0n) is 9.55. The molecular weight excluding hydrogens is 361 g/mol. The molecule has 1 heterocycles. The molecule has 0 aliphatic rings. The quantitative estimate of drug-likeness (QED) is 0.574. The summed E-state index contributed by atoms with van der Waals surface area (Å²) in [5, 5.41) is 2.57. The molecule has 0 radical (unpaired) electrons. The van der Waals surface area contributed by atoms with Gasteiger partial charge in [-0.25, -0.2) is 0 Å². The molecule has 0 aliphatic carbocycles. The highest BCUT2D eigenvalue weighted by atomic mass is 79.9. The first-order valence-corrected chi connectivity index (χ1v) is 7.58. The average Bonchev–Trinajstić information content (AvgIpc) is 2.75. The van der Waals surface area contributed by atoms with Crippen molar-refractivity contribution in [2.24, 2.45) is 0 Å². The van der Waals surface area contributed by atoms with Gasteiger partial charge in [-0.2, -0.15) is 13.2 Å². The molecule has 0 fully saturated rings. The monoisotopic (exact) mass is 368 g/mol. The first-order chi connectivity index (χ1) is 8.88. The van der Waals surface area contributed by atoms with Crippen molar-refractivity contribution < 1.29 is 13.2 Å². The number of hydrogen-bond acceptors (Lipinski definition) is 1. The third-order valence-electron chi connectivity index (χ3n) is 2.63. The van der Waals surface area contributed by atoms with Crippen LogP contribution in [-0.2, 0) is 12.6 Å². The van der Waals surface area contributed by atoms with Crippen molar-refractivity contribution >= 4 is 38.9 Å². The van der Waals surface area contributed by atoms with Gasteiger partial charge in [0.15, 0.2) is 0 Å². The SMILES string of the molecule is FC(F)(F)c1ccc(CC(Br)c2sccc2Cl)cc1. The molecule has 102 valence electrons. The van der Waals surface area contributed by atoms with Crippen molar-refractivity contribution in [2.45, 2.75) is 17.4 Å². The summed E-state index contributed by atoms with van der Waals surface area (Å²) < 4.78 is 37.3. The van der Waals surface area contributed by atoms with Gasteiger partial charge in [0, 0.05) is 4.88 Å². The van der Waals surface area contributed by atoms with Crippen molar-refractivity contribution in [1.82, 2.24) is 0 Å². The van der Waals surface area contributed by atoms with E-state index in [0.29, 0.717) is 11.4 Å². The summed E-state index contributed by atoms with van der Waals surface area (Å²) in [6.45, 7) is 0. The van der Waals surface area contributed by atoms with Crippen molar-refractivity contribution in [2.75, 3.05) is 0 Å². The van der Waals surface area contributed by atoms with E-state index in [2.05, 4.69) is 15.9 Å². The molecule has 0 amide bonds. The number of thiophene rings is 1. The molecule has 0 nitrogen and oxygen atoms in total. The summed E-state index contributed by atoms with van der Waals surface area (Å²) in [6, 6.07) is 7.01. The summed E-state index contributed by atoms with van der Waals surface area (Å²) in [7, 11) is 0. The lowest BCUT2D eigenvalue weighted by molar-refractivity contribution is -0.137. The van der Waals surface area contributed by atoms with Crippen LogP contribution in [-0.4, -0.2) is 0 Å². The maximum Gasteiger partial charge on any atom is 0.416 e. The Morgan fingerprint density at radius 1 is 1.16 bits per heavy atom. The first-order valence-electron chi connectivity index (χ1n) is 5.41. The minimum absolute atomic E-state index is 0.0109. The van der Waals surface area contributed by atoms with Crippen LogP contribution in [0.4, 0.5) is 13.2 Å². The Balaban J connectivity index is 2.10. The maximum absolute atomic E-state index is 12.4. The lowest BCUT2D eigenvalue weighted by Crippen LogP contribution is -2.04. The summed E-state index contributed by atoms with van der Waals surface area (Å²) >= 11 is 11.1. The molecule has 2 rings (SSSR count). The van der Waals surface area contributed by atoms with Gasteiger partial charge in [0.2, 0.25) is 0 Å². The van der Waals surface area contributed by atoms with Gasteiger partial charge in [-0.15, -0.1) is 11.3 Å². The largest absolute Gasteiger partial charge is 0.416 e. The third kappa shape index (κ3) is 3.74. The van der Waals surface area contributed by atoms with E-state index >= 15 is 0 Å². The molecule has 1 aromatic carbocycles. The van der Waals surface area contributed by atoms with Crippen LogP contribution >= 0.6 is 38.9 Å². The van der Waals surface area contributed by atoms with Crippen LogP contribution in [0, 0.1) is 0 Å². The molecule has 0 aliphatic heterocycles. The standard InChI is InChI=1S/C13H9BrClF3S/c14-10(12-11(15)5-6-19-12)7-8-1-3-9(4-2-8)13(16,17)18/h1-6,10H,7H2. The predicted octanol–water partition coefficient (Wildman–Crippen LogP) is 6.10. The van der Waals surface area contributed by atoms with Crippen molar-refractivity contribution in [3.63, 3.8) is 0 Å². The van der Waals surface area contributed by atoms with E-state index in [1.54, 1.807) is 0 Å². The van der Waals surface area contributed by atoms with Crippen LogP contribution in [0.25, 0.3) is 0 Å². The molecular formula is C13H9BrClF3S. The predicted molar refractivity (Wildman–Crippen MR) is 76.1 cm³/mol. The van der Waals surface area contributed by atoms with E-state index in [1.807, 2.05) is 11.4 Å². The van der Waals surface area contributed by atoms with Crippen LogP contribution in [0.3, 0.4) is 0 Å². The zero-order chi connectivity index (χ0) is 14.0. The zero-order valence-corrected chi connectivity index (χ0v) is 12.7. The highest BCUT2D eigenvalue weighted by Crippen LogP contribution is 2.36. The fraction of sp³-hybridized carbons (Fsp3) is 0.231. The lowest BCUT2D eigenvalue weighted by atomic mass is 10.1. The van der Waals surface area contributed by atoms with E-state index < -0.39 is 11.7 Å². The van der Waals surface area contributed by atoms with E-state index in [9.17, 15) is 13.2 Å². The Bertz CT molecular complexity index is 548. The second-order valence-corrected chi connectivity index (χ2v) is 6.46. The molecule has 0 spiro atoms. The molecule has 0 saturated heterocycles.